The first-order valence-corrected chi connectivity index (χ1v) is 9.55. The van der Waals surface area contributed by atoms with E-state index in [9.17, 15) is 4.79 Å². The van der Waals surface area contributed by atoms with Crippen molar-refractivity contribution in [3.05, 3.63) is 60.4 Å². The Kier molecular flexibility index (Phi) is 4.27. The van der Waals surface area contributed by atoms with Crippen LogP contribution in [0.3, 0.4) is 0 Å². The maximum Gasteiger partial charge on any atom is 0.253 e. The topological polar surface area (TPSA) is 71.7 Å². The number of rotatable bonds is 3. The zero-order valence-electron chi connectivity index (χ0n) is 16.0. The van der Waals surface area contributed by atoms with Gasteiger partial charge in [-0.05, 0) is 36.4 Å². The summed E-state index contributed by atoms with van der Waals surface area (Å²) in [5.41, 5.74) is 2.99. The molecule has 2 aromatic heterocycles. The maximum atomic E-state index is 12.8. The Morgan fingerprint density at radius 3 is 2.52 bits per heavy atom. The number of furan rings is 1. The quantitative estimate of drug-likeness (QED) is 0.536. The van der Waals surface area contributed by atoms with Gasteiger partial charge in [-0.1, -0.05) is 12.1 Å². The second-order valence-corrected chi connectivity index (χ2v) is 6.98. The number of anilines is 1. The molecule has 7 heteroatoms. The Hall–Kier alpha value is -3.61. The van der Waals surface area contributed by atoms with Gasteiger partial charge in [-0.2, -0.15) is 0 Å². The van der Waals surface area contributed by atoms with Gasteiger partial charge in [0.15, 0.2) is 11.4 Å². The van der Waals surface area contributed by atoms with Crippen molar-refractivity contribution in [1.29, 1.82) is 0 Å². The fourth-order valence-electron chi connectivity index (χ4n) is 3.77. The van der Waals surface area contributed by atoms with Crippen LogP contribution in [-0.4, -0.2) is 54.1 Å². The molecule has 29 heavy (non-hydrogen) atoms. The minimum Gasteiger partial charge on any atom is -0.497 e. The third-order valence-electron chi connectivity index (χ3n) is 5.34. The number of amides is 1. The van der Waals surface area contributed by atoms with E-state index in [1.165, 1.54) is 0 Å². The lowest BCUT2D eigenvalue weighted by molar-refractivity contribution is 0.0746. The Labute approximate surface area is 167 Å². The summed E-state index contributed by atoms with van der Waals surface area (Å²) in [6.07, 6.45) is 1.58. The predicted molar refractivity (Wildman–Crippen MR) is 110 cm³/mol. The van der Waals surface area contributed by atoms with Crippen molar-refractivity contribution in [2.75, 3.05) is 38.2 Å². The van der Waals surface area contributed by atoms with Crippen LogP contribution in [0.4, 0.5) is 5.82 Å². The Morgan fingerprint density at radius 2 is 1.76 bits per heavy atom. The lowest BCUT2D eigenvalue weighted by atomic mass is 10.1. The molecule has 0 N–H and O–H groups in total. The molecule has 0 radical (unpaired) electrons. The number of para-hydroxylation sites is 1. The summed E-state index contributed by atoms with van der Waals surface area (Å²) in [6, 6.07) is 15.1. The van der Waals surface area contributed by atoms with Crippen molar-refractivity contribution in [1.82, 2.24) is 14.9 Å². The van der Waals surface area contributed by atoms with E-state index in [0.717, 1.165) is 28.1 Å². The molecule has 146 valence electrons. The minimum atomic E-state index is 0.0314. The van der Waals surface area contributed by atoms with Crippen LogP contribution in [-0.2, 0) is 0 Å². The SMILES string of the molecule is COc1ccc(C(=O)N2CCN(c3ncnc4c3oc3ccccc34)CC2)cc1. The average molecular weight is 388 g/mol. The molecule has 5 rings (SSSR count). The van der Waals surface area contributed by atoms with Gasteiger partial charge < -0.3 is 19.0 Å². The number of nitrogens with zero attached hydrogens (tertiary/aromatic N) is 4. The van der Waals surface area contributed by atoms with Gasteiger partial charge in [0.25, 0.3) is 5.91 Å². The van der Waals surface area contributed by atoms with E-state index < -0.39 is 0 Å². The van der Waals surface area contributed by atoms with Gasteiger partial charge in [-0.25, -0.2) is 9.97 Å². The van der Waals surface area contributed by atoms with Gasteiger partial charge in [-0.3, -0.25) is 4.79 Å². The first-order valence-electron chi connectivity index (χ1n) is 9.55. The van der Waals surface area contributed by atoms with Crippen molar-refractivity contribution in [3.8, 4) is 5.75 Å². The number of methoxy groups -OCH3 is 1. The minimum absolute atomic E-state index is 0.0314. The Balaban J connectivity index is 1.36. The molecule has 1 amide bonds. The van der Waals surface area contributed by atoms with Gasteiger partial charge in [0.05, 0.1) is 7.11 Å². The molecule has 0 aliphatic carbocycles. The Bertz CT molecular complexity index is 1180. The van der Waals surface area contributed by atoms with Crippen LogP contribution in [0.1, 0.15) is 10.4 Å². The number of benzene rings is 2. The summed E-state index contributed by atoms with van der Waals surface area (Å²) >= 11 is 0. The van der Waals surface area contributed by atoms with Crippen molar-refractivity contribution in [3.63, 3.8) is 0 Å². The van der Waals surface area contributed by atoms with E-state index >= 15 is 0 Å². The van der Waals surface area contributed by atoms with Crippen molar-refractivity contribution in [2.45, 2.75) is 0 Å². The molecule has 3 heterocycles. The molecule has 1 saturated heterocycles. The standard InChI is InChI=1S/C22H20N4O3/c1-28-16-8-6-15(7-9-16)22(27)26-12-10-25(11-13-26)21-20-19(23-14-24-21)17-4-2-3-5-18(17)29-20/h2-9,14H,10-13H2,1H3. The number of aromatic nitrogens is 2. The zero-order chi connectivity index (χ0) is 19.8. The number of carbonyl (C=O) groups is 1. The van der Waals surface area contributed by atoms with Gasteiger partial charge in [-0.15, -0.1) is 0 Å². The molecule has 1 fully saturated rings. The third-order valence-corrected chi connectivity index (χ3v) is 5.34. The summed E-state index contributed by atoms with van der Waals surface area (Å²) in [5, 5.41) is 0.986. The van der Waals surface area contributed by atoms with Crippen LogP contribution in [0, 0.1) is 0 Å². The van der Waals surface area contributed by atoms with E-state index in [1.807, 2.05) is 41.3 Å². The number of hydrogen-bond acceptors (Lipinski definition) is 6. The van der Waals surface area contributed by atoms with E-state index in [0.29, 0.717) is 37.3 Å². The second-order valence-electron chi connectivity index (χ2n) is 6.98. The predicted octanol–water partition coefficient (Wildman–Crippen LogP) is 3.35. The molecule has 7 nitrogen and oxygen atoms in total. The second kappa shape index (κ2) is 7.09. The van der Waals surface area contributed by atoms with Gasteiger partial charge >= 0.3 is 0 Å². The highest BCUT2D eigenvalue weighted by Gasteiger charge is 2.25. The number of piperazine rings is 1. The average Bonchev–Trinajstić information content (AvgIpc) is 3.18. The van der Waals surface area contributed by atoms with E-state index in [2.05, 4.69) is 14.9 Å². The van der Waals surface area contributed by atoms with Crippen molar-refractivity contribution in [2.24, 2.45) is 0 Å². The maximum absolute atomic E-state index is 12.8. The van der Waals surface area contributed by atoms with Gasteiger partial charge in [0.1, 0.15) is 23.2 Å². The zero-order valence-corrected chi connectivity index (χ0v) is 16.0. The summed E-state index contributed by atoms with van der Waals surface area (Å²) in [7, 11) is 1.61. The fourth-order valence-corrected chi connectivity index (χ4v) is 3.77. The van der Waals surface area contributed by atoms with E-state index in [4.69, 9.17) is 9.15 Å². The Morgan fingerprint density at radius 1 is 1.00 bits per heavy atom. The first kappa shape index (κ1) is 17.5. The van der Waals surface area contributed by atoms with E-state index in [1.54, 1.807) is 25.6 Å². The smallest absolute Gasteiger partial charge is 0.253 e. The molecular weight excluding hydrogens is 368 g/mol. The summed E-state index contributed by atoms with van der Waals surface area (Å²) in [5.74, 6) is 1.55. The lowest BCUT2D eigenvalue weighted by Crippen LogP contribution is -2.49. The number of fused-ring (bicyclic) bond motifs is 3. The van der Waals surface area contributed by atoms with Crippen LogP contribution in [0.5, 0.6) is 5.75 Å². The monoisotopic (exact) mass is 388 g/mol. The van der Waals surface area contributed by atoms with Crippen molar-refractivity contribution >= 4 is 33.8 Å². The molecule has 0 bridgehead atoms. The molecule has 2 aromatic carbocycles. The highest BCUT2D eigenvalue weighted by molar-refractivity contribution is 6.05. The number of hydrogen-bond donors (Lipinski definition) is 0. The molecule has 0 saturated carbocycles. The van der Waals surface area contributed by atoms with Crippen molar-refractivity contribution < 1.29 is 13.9 Å². The summed E-state index contributed by atoms with van der Waals surface area (Å²) in [6.45, 7) is 2.61. The lowest BCUT2D eigenvalue weighted by Gasteiger charge is -2.35. The highest BCUT2D eigenvalue weighted by atomic mass is 16.5. The molecule has 4 aromatic rings. The van der Waals surface area contributed by atoms with Crippen LogP contribution in [0.15, 0.2) is 59.3 Å². The van der Waals surface area contributed by atoms with Crippen LogP contribution in [0.25, 0.3) is 22.1 Å². The molecule has 0 unspecified atom stereocenters. The molecular formula is C22H20N4O3. The summed E-state index contributed by atoms with van der Waals surface area (Å²) < 4.78 is 11.2. The highest BCUT2D eigenvalue weighted by Crippen LogP contribution is 2.32. The van der Waals surface area contributed by atoms with Gasteiger partial charge in [0, 0.05) is 37.1 Å². The third kappa shape index (κ3) is 3.04. The first-order chi connectivity index (χ1) is 14.2. The number of ether oxygens (including phenoxy) is 1. The number of carbonyl (C=O) groups excluding carboxylic acids is 1. The normalized spacial score (nSPS) is 14.5. The molecule has 1 aliphatic heterocycles. The largest absolute Gasteiger partial charge is 0.497 e. The fraction of sp³-hybridized carbons (Fsp3) is 0.227. The molecule has 0 spiro atoms. The van der Waals surface area contributed by atoms with Crippen LogP contribution in [0.2, 0.25) is 0 Å². The van der Waals surface area contributed by atoms with Crippen LogP contribution < -0.4 is 9.64 Å². The summed E-state index contributed by atoms with van der Waals surface area (Å²) in [4.78, 5) is 25.7. The molecule has 1 aliphatic rings. The van der Waals surface area contributed by atoms with E-state index in [-0.39, 0.29) is 5.91 Å². The van der Waals surface area contributed by atoms with Gasteiger partial charge in [0.2, 0.25) is 0 Å². The van der Waals surface area contributed by atoms with Crippen LogP contribution >= 0.6 is 0 Å². The molecule has 0 atom stereocenters.